The molecule has 3 heterocycles. The zero-order valence-electron chi connectivity index (χ0n) is 13.4. The molecule has 0 spiro atoms. The predicted octanol–water partition coefficient (Wildman–Crippen LogP) is 1.47. The first kappa shape index (κ1) is 15.0. The fourth-order valence-electron chi connectivity index (χ4n) is 3.51. The lowest BCUT2D eigenvalue weighted by atomic mass is 9.98. The van der Waals surface area contributed by atoms with E-state index in [-0.39, 0.29) is 23.8 Å². The average molecular weight is 326 g/mol. The van der Waals surface area contributed by atoms with E-state index in [0.717, 1.165) is 12.1 Å². The van der Waals surface area contributed by atoms with Gasteiger partial charge in [-0.1, -0.05) is 23.4 Å². The highest BCUT2D eigenvalue weighted by molar-refractivity contribution is 6.07. The number of hydrogen-bond donors (Lipinski definition) is 0. The van der Waals surface area contributed by atoms with Crippen LogP contribution in [0.15, 0.2) is 30.5 Å². The Morgan fingerprint density at radius 1 is 1.25 bits per heavy atom. The van der Waals surface area contributed by atoms with Gasteiger partial charge in [-0.15, -0.1) is 5.10 Å². The van der Waals surface area contributed by atoms with Crippen molar-refractivity contribution in [2.24, 2.45) is 0 Å². The number of amides is 1. The number of nitrogens with zero attached hydrogens (tertiary/aromatic N) is 4. The molecule has 24 heavy (non-hydrogen) atoms. The number of aromatic nitrogens is 3. The minimum absolute atomic E-state index is 0.0292. The van der Waals surface area contributed by atoms with Crippen LogP contribution in [0.3, 0.4) is 0 Å². The van der Waals surface area contributed by atoms with E-state index in [1.807, 2.05) is 4.68 Å². The van der Waals surface area contributed by atoms with E-state index in [2.05, 4.69) is 10.3 Å². The van der Waals surface area contributed by atoms with Crippen LogP contribution in [0.25, 0.3) is 0 Å². The van der Waals surface area contributed by atoms with Crippen LogP contribution in [0, 0.1) is 0 Å². The third kappa shape index (κ3) is 2.41. The van der Waals surface area contributed by atoms with Crippen molar-refractivity contribution in [1.82, 2.24) is 19.9 Å². The molecule has 1 amide bonds. The third-order valence-corrected chi connectivity index (χ3v) is 4.75. The van der Waals surface area contributed by atoms with Crippen molar-refractivity contribution in [2.45, 2.75) is 32.1 Å². The number of carbonyl (C=O) groups excluding carboxylic acids is 2. The summed E-state index contributed by atoms with van der Waals surface area (Å²) in [5.74, 6) is -0.222. The van der Waals surface area contributed by atoms with Crippen molar-refractivity contribution >= 4 is 11.7 Å². The van der Waals surface area contributed by atoms with Crippen molar-refractivity contribution in [3.05, 3.63) is 47.3 Å². The standard InChI is InChI=1S/C17H18N4O3/c1-11(22)13-4-2-3-5-14(13)17(23)20-7-6-16-15(9-20)21-12(10-24-16)8-18-19-21/h2-5,8,15-16H,6-7,9-10H2,1H3/t15-,16-/m0/s1. The van der Waals surface area contributed by atoms with Gasteiger partial charge in [0.05, 0.1) is 36.2 Å². The van der Waals surface area contributed by atoms with Crippen LogP contribution in [0.5, 0.6) is 0 Å². The highest BCUT2D eigenvalue weighted by atomic mass is 16.5. The van der Waals surface area contributed by atoms with Gasteiger partial charge in [0, 0.05) is 18.7 Å². The molecule has 2 aliphatic heterocycles. The monoisotopic (exact) mass is 326 g/mol. The third-order valence-electron chi connectivity index (χ3n) is 4.75. The normalized spacial score (nSPS) is 22.6. The molecular formula is C17H18N4O3. The summed E-state index contributed by atoms with van der Waals surface area (Å²) in [6.07, 6.45) is 2.49. The lowest BCUT2D eigenvalue weighted by Crippen LogP contribution is -2.50. The first-order valence-corrected chi connectivity index (χ1v) is 8.05. The number of piperidine rings is 1. The molecule has 7 heteroatoms. The van der Waals surface area contributed by atoms with Crippen molar-refractivity contribution < 1.29 is 14.3 Å². The number of rotatable bonds is 2. The van der Waals surface area contributed by atoms with Crippen molar-refractivity contribution in [1.29, 1.82) is 0 Å². The predicted molar refractivity (Wildman–Crippen MR) is 84.6 cm³/mol. The summed E-state index contributed by atoms with van der Waals surface area (Å²) in [4.78, 5) is 26.5. The van der Waals surface area contributed by atoms with E-state index >= 15 is 0 Å². The van der Waals surface area contributed by atoms with Crippen LogP contribution < -0.4 is 0 Å². The molecule has 2 aromatic rings. The van der Waals surface area contributed by atoms with Crippen LogP contribution in [0.4, 0.5) is 0 Å². The Balaban J connectivity index is 1.61. The van der Waals surface area contributed by atoms with Gasteiger partial charge >= 0.3 is 0 Å². The maximum Gasteiger partial charge on any atom is 0.254 e. The molecule has 0 radical (unpaired) electrons. The van der Waals surface area contributed by atoms with E-state index < -0.39 is 0 Å². The topological polar surface area (TPSA) is 77.3 Å². The quantitative estimate of drug-likeness (QED) is 0.781. The molecule has 0 unspecified atom stereocenters. The fraction of sp³-hybridized carbons (Fsp3) is 0.412. The van der Waals surface area contributed by atoms with Gasteiger partial charge in [0.25, 0.3) is 5.91 Å². The van der Waals surface area contributed by atoms with E-state index in [9.17, 15) is 9.59 Å². The summed E-state index contributed by atoms with van der Waals surface area (Å²) in [7, 11) is 0. The summed E-state index contributed by atoms with van der Waals surface area (Å²) in [5, 5.41) is 8.09. The van der Waals surface area contributed by atoms with E-state index in [1.165, 1.54) is 6.92 Å². The molecule has 0 N–H and O–H groups in total. The molecule has 0 aliphatic carbocycles. The van der Waals surface area contributed by atoms with Gasteiger partial charge in [-0.2, -0.15) is 0 Å². The number of benzene rings is 1. The van der Waals surface area contributed by atoms with Crippen LogP contribution in [-0.4, -0.2) is 50.8 Å². The second kappa shape index (κ2) is 5.83. The van der Waals surface area contributed by atoms with E-state index in [4.69, 9.17) is 4.74 Å². The lowest BCUT2D eigenvalue weighted by Gasteiger charge is -2.41. The van der Waals surface area contributed by atoms with Gasteiger partial charge in [-0.25, -0.2) is 4.68 Å². The van der Waals surface area contributed by atoms with E-state index in [1.54, 1.807) is 35.4 Å². The lowest BCUT2D eigenvalue weighted by molar-refractivity contribution is -0.0605. The Labute approximate surface area is 139 Å². The van der Waals surface area contributed by atoms with Crippen LogP contribution in [-0.2, 0) is 11.3 Å². The molecule has 0 bridgehead atoms. The van der Waals surface area contributed by atoms with Crippen molar-refractivity contribution in [2.75, 3.05) is 13.1 Å². The molecule has 1 aromatic heterocycles. The number of likely N-dealkylation sites (tertiary alicyclic amines) is 1. The zero-order chi connectivity index (χ0) is 16.7. The minimum Gasteiger partial charge on any atom is -0.370 e. The molecule has 1 fully saturated rings. The van der Waals surface area contributed by atoms with Gasteiger partial charge in [0.2, 0.25) is 0 Å². The van der Waals surface area contributed by atoms with E-state index in [0.29, 0.717) is 30.8 Å². The summed E-state index contributed by atoms with van der Waals surface area (Å²) >= 11 is 0. The molecule has 2 aliphatic rings. The average Bonchev–Trinajstić information content (AvgIpc) is 3.10. The van der Waals surface area contributed by atoms with Crippen molar-refractivity contribution in [3.8, 4) is 0 Å². The van der Waals surface area contributed by atoms with Crippen LogP contribution in [0.1, 0.15) is 45.8 Å². The summed E-state index contributed by atoms with van der Waals surface area (Å²) in [6.45, 7) is 3.10. The maximum atomic E-state index is 12.9. The first-order valence-electron chi connectivity index (χ1n) is 8.05. The molecule has 124 valence electrons. The second-order valence-corrected chi connectivity index (χ2v) is 6.23. The molecule has 1 aromatic carbocycles. The Kier molecular flexibility index (Phi) is 3.65. The highest BCUT2D eigenvalue weighted by Gasteiger charge is 2.38. The molecule has 4 rings (SSSR count). The maximum absolute atomic E-state index is 12.9. The number of Topliss-reactive ketones (excluding diaryl/α,β-unsaturated/α-hetero) is 1. The number of ether oxygens (including phenoxy) is 1. The highest BCUT2D eigenvalue weighted by Crippen LogP contribution is 2.30. The smallest absolute Gasteiger partial charge is 0.254 e. The minimum atomic E-state index is -0.119. The number of ketones is 1. The Bertz CT molecular complexity index is 801. The second-order valence-electron chi connectivity index (χ2n) is 6.23. The Morgan fingerprint density at radius 2 is 2.04 bits per heavy atom. The number of hydrogen-bond acceptors (Lipinski definition) is 5. The van der Waals surface area contributed by atoms with Crippen molar-refractivity contribution in [3.63, 3.8) is 0 Å². The van der Waals surface area contributed by atoms with Gasteiger partial charge in [-0.05, 0) is 19.4 Å². The van der Waals surface area contributed by atoms with Gasteiger partial charge in [0.15, 0.2) is 5.78 Å². The number of fused-ring (bicyclic) bond motifs is 3. The van der Waals surface area contributed by atoms with Gasteiger partial charge in [0.1, 0.15) is 0 Å². The van der Waals surface area contributed by atoms with Gasteiger partial charge < -0.3 is 9.64 Å². The molecular weight excluding hydrogens is 308 g/mol. The van der Waals surface area contributed by atoms with Gasteiger partial charge in [-0.3, -0.25) is 9.59 Å². The molecule has 7 nitrogen and oxygen atoms in total. The number of carbonyl (C=O) groups is 2. The fourth-order valence-corrected chi connectivity index (χ4v) is 3.51. The molecule has 2 atom stereocenters. The molecule has 0 saturated carbocycles. The summed E-state index contributed by atoms with van der Waals surface area (Å²) in [6, 6.07) is 6.94. The largest absolute Gasteiger partial charge is 0.370 e. The SMILES string of the molecule is CC(=O)c1ccccc1C(=O)N1CC[C@@H]2OCc3cnnn3[C@H]2C1. The summed E-state index contributed by atoms with van der Waals surface area (Å²) < 4.78 is 7.74. The Morgan fingerprint density at radius 3 is 2.83 bits per heavy atom. The summed E-state index contributed by atoms with van der Waals surface area (Å²) in [5.41, 5.74) is 1.85. The Hall–Kier alpha value is -2.54. The zero-order valence-corrected chi connectivity index (χ0v) is 13.4. The first-order chi connectivity index (χ1) is 11.6. The van der Waals surface area contributed by atoms with Crippen LogP contribution >= 0.6 is 0 Å². The molecule has 1 saturated heterocycles. The van der Waals surface area contributed by atoms with Crippen LogP contribution in [0.2, 0.25) is 0 Å².